The lowest BCUT2D eigenvalue weighted by Gasteiger charge is -2.38. The second-order valence-corrected chi connectivity index (χ2v) is 8.81. The van der Waals surface area contributed by atoms with E-state index in [9.17, 15) is 15.0 Å². The maximum absolute atomic E-state index is 13.4. The van der Waals surface area contributed by atoms with Crippen molar-refractivity contribution in [3.05, 3.63) is 66.2 Å². The molecule has 2 aromatic rings. The zero-order valence-corrected chi connectivity index (χ0v) is 17.5. The minimum Gasteiger partial charge on any atom is -0.493 e. The summed E-state index contributed by atoms with van der Waals surface area (Å²) in [6.45, 7) is 2.34. The lowest BCUT2D eigenvalue weighted by Crippen LogP contribution is -2.49. The first-order valence-electron chi connectivity index (χ1n) is 10.9. The first kappa shape index (κ1) is 20.9. The fourth-order valence-corrected chi connectivity index (χ4v) is 5.29. The van der Waals surface area contributed by atoms with E-state index < -0.39 is 17.6 Å². The number of carbonyl (C=O) groups excluding carboxylic acids is 1. The van der Waals surface area contributed by atoms with Crippen LogP contribution in [0, 0.1) is 5.41 Å². The number of nitrogens with zero attached hydrogens (tertiary/aromatic N) is 1. The molecule has 1 aliphatic carbocycles. The predicted molar refractivity (Wildman–Crippen MR) is 115 cm³/mol. The SMILES string of the molecule is C[C@@]12C[C@H](c3ccccc3)N(C(=O)CCOc3ccccc3)[C@@H]1CCC[C@H](O)[C@@H]2O. The highest BCUT2D eigenvalue weighted by molar-refractivity contribution is 5.78. The van der Waals surface area contributed by atoms with Crippen LogP contribution in [0.1, 0.15) is 50.6 Å². The largest absolute Gasteiger partial charge is 0.493 e. The normalized spacial score (nSPS) is 31.1. The minimum absolute atomic E-state index is 0.0390. The van der Waals surface area contributed by atoms with Crippen LogP contribution in [0.5, 0.6) is 5.75 Å². The van der Waals surface area contributed by atoms with E-state index in [2.05, 4.69) is 0 Å². The fourth-order valence-electron chi connectivity index (χ4n) is 5.29. The van der Waals surface area contributed by atoms with Gasteiger partial charge in [0, 0.05) is 11.5 Å². The molecular weight excluding hydrogens is 378 g/mol. The number of aliphatic hydroxyl groups excluding tert-OH is 2. The monoisotopic (exact) mass is 409 g/mol. The molecule has 2 aromatic carbocycles. The number of amides is 1. The molecule has 1 saturated heterocycles. The molecule has 0 spiro atoms. The quantitative estimate of drug-likeness (QED) is 0.790. The maximum atomic E-state index is 13.4. The van der Waals surface area contributed by atoms with Gasteiger partial charge in [-0.3, -0.25) is 4.79 Å². The van der Waals surface area contributed by atoms with Gasteiger partial charge in [0.2, 0.25) is 5.91 Å². The highest BCUT2D eigenvalue weighted by atomic mass is 16.5. The van der Waals surface area contributed by atoms with Crippen molar-refractivity contribution in [1.29, 1.82) is 0 Å². The lowest BCUT2D eigenvalue weighted by atomic mass is 9.74. The third-order valence-electron chi connectivity index (χ3n) is 6.88. The number of aliphatic hydroxyl groups is 2. The van der Waals surface area contributed by atoms with Gasteiger partial charge < -0.3 is 19.8 Å². The molecule has 160 valence electrons. The van der Waals surface area contributed by atoms with E-state index in [1.165, 1.54) is 0 Å². The third-order valence-corrected chi connectivity index (χ3v) is 6.88. The van der Waals surface area contributed by atoms with Crippen molar-refractivity contribution in [3.8, 4) is 5.75 Å². The van der Waals surface area contributed by atoms with E-state index in [-0.39, 0.29) is 24.4 Å². The summed E-state index contributed by atoms with van der Waals surface area (Å²) in [5, 5.41) is 21.4. The van der Waals surface area contributed by atoms with Gasteiger partial charge in [-0.1, -0.05) is 55.5 Å². The van der Waals surface area contributed by atoms with Gasteiger partial charge in [0.05, 0.1) is 31.3 Å². The lowest BCUT2D eigenvalue weighted by molar-refractivity contribution is -0.137. The van der Waals surface area contributed by atoms with Crippen LogP contribution in [0.2, 0.25) is 0 Å². The minimum atomic E-state index is -0.838. The average molecular weight is 410 g/mol. The summed E-state index contributed by atoms with van der Waals surface area (Å²) in [6.07, 6.45) is 1.50. The Balaban J connectivity index is 1.57. The first-order valence-corrected chi connectivity index (χ1v) is 10.9. The molecular formula is C25H31NO4. The number of hydrogen-bond donors (Lipinski definition) is 2. The van der Waals surface area contributed by atoms with Crippen LogP contribution in [0.15, 0.2) is 60.7 Å². The van der Waals surface area contributed by atoms with Crippen LogP contribution in [0.25, 0.3) is 0 Å². The van der Waals surface area contributed by atoms with Gasteiger partial charge in [-0.2, -0.15) is 0 Å². The summed E-state index contributed by atoms with van der Waals surface area (Å²) in [6, 6.07) is 19.3. The molecule has 0 aromatic heterocycles. The Morgan fingerprint density at radius 2 is 1.73 bits per heavy atom. The van der Waals surface area contributed by atoms with E-state index in [1.807, 2.05) is 72.5 Å². The summed E-state index contributed by atoms with van der Waals surface area (Å²) in [7, 11) is 0. The van der Waals surface area contributed by atoms with E-state index >= 15 is 0 Å². The number of ether oxygens (including phenoxy) is 1. The Hall–Kier alpha value is -2.37. The van der Waals surface area contributed by atoms with Crippen molar-refractivity contribution in [2.75, 3.05) is 6.61 Å². The van der Waals surface area contributed by atoms with Crippen molar-refractivity contribution in [2.24, 2.45) is 5.41 Å². The zero-order chi connectivity index (χ0) is 21.1. The van der Waals surface area contributed by atoms with Crippen LogP contribution in [0.4, 0.5) is 0 Å². The second kappa shape index (κ2) is 8.78. The third kappa shape index (κ3) is 3.96. The molecule has 2 fully saturated rings. The van der Waals surface area contributed by atoms with Crippen molar-refractivity contribution in [3.63, 3.8) is 0 Å². The predicted octanol–water partition coefficient (Wildman–Crippen LogP) is 3.71. The Morgan fingerprint density at radius 1 is 1.07 bits per heavy atom. The first-order chi connectivity index (χ1) is 14.5. The fraction of sp³-hybridized carbons (Fsp3) is 0.480. The highest BCUT2D eigenvalue weighted by Crippen LogP contribution is 2.53. The molecule has 0 bridgehead atoms. The van der Waals surface area contributed by atoms with Crippen molar-refractivity contribution in [2.45, 2.75) is 63.3 Å². The summed E-state index contributed by atoms with van der Waals surface area (Å²) in [4.78, 5) is 15.4. The molecule has 1 aliphatic heterocycles. The van der Waals surface area contributed by atoms with E-state index in [0.29, 0.717) is 19.4 Å². The van der Waals surface area contributed by atoms with Crippen LogP contribution in [-0.4, -0.2) is 45.9 Å². The number of carbonyl (C=O) groups is 1. The van der Waals surface area contributed by atoms with Crippen LogP contribution >= 0.6 is 0 Å². The molecule has 2 N–H and O–H groups in total. The molecule has 30 heavy (non-hydrogen) atoms. The van der Waals surface area contributed by atoms with E-state index in [1.54, 1.807) is 0 Å². The topological polar surface area (TPSA) is 70.0 Å². The maximum Gasteiger partial charge on any atom is 0.226 e. The summed E-state index contributed by atoms with van der Waals surface area (Å²) >= 11 is 0. The second-order valence-electron chi connectivity index (χ2n) is 8.81. The average Bonchev–Trinajstić information content (AvgIpc) is 3.02. The molecule has 2 aliphatic rings. The molecule has 0 radical (unpaired) electrons. The smallest absolute Gasteiger partial charge is 0.226 e. The molecule has 1 heterocycles. The number of benzene rings is 2. The van der Waals surface area contributed by atoms with Gasteiger partial charge in [0.1, 0.15) is 5.75 Å². The van der Waals surface area contributed by atoms with Crippen molar-refractivity contribution in [1.82, 2.24) is 4.90 Å². The van der Waals surface area contributed by atoms with Gasteiger partial charge in [-0.25, -0.2) is 0 Å². The molecule has 0 unspecified atom stereocenters. The molecule has 5 nitrogen and oxygen atoms in total. The number of hydrogen-bond acceptors (Lipinski definition) is 4. The standard InChI is InChI=1S/C25H31NO4/c1-25-17-20(18-9-4-2-5-10-18)26(22(25)14-8-13-21(27)24(25)29)23(28)15-16-30-19-11-6-3-7-12-19/h2-7,9-12,20-22,24,27,29H,8,13-17H2,1H3/t20-,21+,22-,24+,25-/m1/s1. The molecule has 1 saturated carbocycles. The number of fused-ring (bicyclic) bond motifs is 1. The van der Waals surface area contributed by atoms with Gasteiger partial charge in [-0.05, 0) is 43.4 Å². The molecule has 5 atom stereocenters. The molecule has 4 rings (SSSR count). The summed E-state index contributed by atoms with van der Waals surface area (Å²) < 4.78 is 5.76. The van der Waals surface area contributed by atoms with Gasteiger partial charge in [0.15, 0.2) is 0 Å². The molecule has 1 amide bonds. The van der Waals surface area contributed by atoms with E-state index in [0.717, 1.165) is 24.2 Å². The highest BCUT2D eigenvalue weighted by Gasteiger charge is 2.56. The Bertz CT molecular complexity index is 843. The number of rotatable bonds is 5. The van der Waals surface area contributed by atoms with Gasteiger partial charge in [-0.15, -0.1) is 0 Å². The zero-order valence-electron chi connectivity index (χ0n) is 17.5. The molecule has 5 heteroatoms. The van der Waals surface area contributed by atoms with Gasteiger partial charge in [0.25, 0.3) is 0 Å². The Kier molecular flexibility index (Phi) is 6.11. The van der Waals surface area contributed by atoms with E-state index in [4.69, 9.17) is 4.74 Å². The summed E-state index contributed by atoms with van der Waals surface area (Å²) in [5.74, 6) is 0.793. The van der Waals surface area contributed by atoms with Crippen LogP contribution in [-0.2, 0) is 4.79 Å². The number of para-hydroxylation sites is 1. The Labute approximate surface area is 178 Å². The van der Waals surface area contributed by atoms with Crippen LogP contribution in [0.3, 0.4) is 0 Å². The van der Waals surface area contributed by atoms with Crippen molar-refractivity contribution < 1.29 is 19.7 Å². The summed E-state index contributed by atoms with van der Waals surface area (Å²) in [5.41, 5.74) is 0.539. The Morgan fingerprint density at radius 3 is 2.43 bits per heavy atom. The number of likely N-dealkylation sites (tertiary alicyclic amines) is 1. The van der Waals surface area contributed by atoms with Crippen LogP contribution < -0.4 is 4.74 Å². The van der Waals surface area contributed by atoms with Crippen molar-refractivity contribution >= 4 is 5.91 Å². The van der Waals surface area contributed by atoms with Gasteiger partial charge >= 0.3 is 0 Å².